The first-order valence-corrected chi connectivity index (χ1v) is 11.3. The summed E-state index contributed by atoms with van der Waals surface area (Å²) in [5.74, 6) is 2.69. The second kappa shape index (κ2) is 9.38. The summed E-state index contributed by atoms with van der Waals surface area (Å²) in [5, 5.41) is 7.51. The molecular formula is C23H25N7O4. The second-order valence-electron chi connectivity index (χ2n) is 7.95. The maximum Gasteiger partial charge on any atom is 0.222 e. The number of carbonyl (C=O) groups is 1. The van der Waals surface area contributed by atoms with E-state index in [1.807, 2.05) is 46.7 Å². The molecule has 176 valence electrons. The van der Waals surface area contributed by atoms with Gasteiger partial charge < -0.3 is 24.7 Å². The topological polar surface area (TPSA) is 134 Å². The second-order valence-corrected chi connectivity index (χ2v) is 7.95. The Morgan fingerprint density at radius 3 is 2.85 bits per heavy atom. The molecule has 34 heavy (non-hydrogen) atoms. The molecule has 11 nitrogen and oxygen atoms in total. The van der Waals surface area contributed by atoms with Gasteiger partial charge in [0.25, 0.3) is 0 Å². The van der Waals surface area contributed by atoms with Crippen LogP contribution in [0.1, 0.15) is 26.2 Å². The first-order chi connectivity index (χ1) is 16.6. The van der Waals surface area contributed by atoms with E-state index < -0.39 is 0 Å². The highest BCUT2D eigenvalue weighted by atomic mass is 16.6. The van der Waals surface area contributed by atoms with Crippen LogP contribution in [0.25, 0.3) is 22.6 Å². The van der Waals surface area contributed by atoms with Gasteiger partial charge in [0.15, 0.2) is 17.3 Å². The predicted molar refractivity (Wildman–Crippen MR) is 123 cm³/mol. The van der Waals surface area contributed by atoms with Crippen LogP contribution in [0.15, 0.2) is 41.2 Å². The molecule has 1 aromatic carbocycles. The van der Waals surface area contributed by atoms with Gasteiger partial charge in [0.05, 0.1) is 18.3 Å². The lowest BCUT2D eigenvalue weighted by Crippen LogP contribution is -2.26. The summed E-state index contributed by atoms with van der Waals surface area (Å²) >= 11 is 0. The van der Waals surface area contributed by atoms with Gasteiger partial charge in [-0.05, 0) is 42.2 Å². The zero-order chi connectivity index (χ0) is 23.5. The van der Waals surface area contributed by atoms with Crippen molar-refractivity contribution in [1.29, 1.82) is 0 Å². The molecule has 2 N–H and O–H groups in total. The molecule has 1 fully saturated rings. The average molecular weight is 463 g/mol. The Kier molecular flexibility index (Phi) is 5.98. The van der Waals surface area contributed by atoms with E-state index in [-0.39, 0.29) is 11.7 Å². The molecule has 0 bridgehead atoms. The Balaban J connectivity index is 1.27. The molecular weight excluding hydrogens is 438 g/mol. The van der Waals surface area contributed by atoms with Crippen LogP contribution < -0.4 is 15.2 Å². The quantitative estimate of drug-likeness (QED) is 0.371. The van der Waals surface area contributed by atoms with Gasteiger partial charge in [-0.1, -0.05) is 6.07 Å². The number of amides is 1. The van der Waals surface area contributed by atoms with Crippen molar-refractivity contribution < 1.29 is 18.9 Å². The summed E-state index contributed by atoms with van der Waals surface area (Å²) in [7, 11) is 0. The number of anilines is 1. The van der Waals surface area contributed by atoms with Crippen molar-refractivity contribution in [3.63, 3.8) is 0 Å². The van der Waals surface area contributed by atoms with Crippen LogP contribution in [0.2, 0.25) is 0 Å². The summed E-state index contributed by atoms with van der Waals surface area (Å²) in [6.45, 7) is 4.72. The van der Waals surface area contributed by atoms with Crippen molar-refractivity contribution in [2.75, 3.05) is 25.4 Å². The van der Waals surface area contributed by atoms with Gasteiger partial charge in [-0.25, -0.2) is 14.6 Å². The average Bonchev–Trinajstić information content (AvgIpc) is 3.54. The number of hydrogen-bond acceptors (Lipinski definition) is 9. The minimum Gasteiger partial charge on any atom is -0.493 e. The number of ether oxygens (including phenoxy) is 2. The van der Waals surface area contributed by atoms with Crippen LogP contribution >= 0.6 is 0 Å². The highest BCUT2D eigenvalue weighted by Crippen LogP contribution is 2.30. The number of carbonyl (C=O) groups excluding carboxylic acids is 1. The SMILES string of the molecule is CCn1c(-c2nonc2N)nc2cnc(Oc3cccc(OCCCN4CCCC4=O)c3)cc21. The van der Waals surface area contributed by atoms with Gasteiger partial charge in [0.2, 0.25) is 11.8 Å². The number of nitrogens with two attached hydrogens (primary N) is 1. The van der Waals surface area contributed by atoms with E-state index >= 15 is 0 Å². The van der Waals surface area contributed by atoms with Crippen molar-refractivity contribution in [2.45, 2.75) is 32.7 Å². The summed E-state index contributed by atoms with van der Waals surface area (Å²) < 4.78 is 18.5. The fraction of sp³-hybridized carbons (Fsp3) is 0.348. The third kappa shape index (κ3) is 4.36. The Bertz CT molecular complexity index is 1320. The van der Waals surface area contributed by atoms with Gasteiger partial charge in [-0.3, -0.25) is 4.79 Å². The Hall–Kier alpha value is -4.15. The summed E-state index contributed by atoms with van der Waals surface area (Å²) in [5.41, 5.74) is 7.75. The van der Waals surface area contributed by atoms with Gasteiger partial charge in [0.1, 0.15) is 17.0 Å². The zero-order valence-electron chi connectivity index (χ0n) is 18.8. The van der Waals surface area contributed by atoms with E-state index in [0.29, 0.717) is 54.0 Å². The maximum absolute atomic E-state index is 11.7. The Labute approximate surface area is 195 Å². The number of rotatable bonds is 9. The number of nitrogen functional groups attached to an aromatic ring is 1. The molecule has 0 saturated carbocycles. The van der Waals surface area contributed by atoms with Gasteiger partial charge in [-0.15, -0.1) is 0 Å². The molecule has 1 saturated heterocycles. The van der Waals surface area contributed by atoms with E-state index in [4.69, 9.17) is 19.8 Å². The molecule has 0 unspecified atom stereocenters. The van der Waals surface area contributed by atoms with Crippen LogP contribution in [0.5, 0.6) is 17.4 Å². The molecule has 5 rings (SSSR count). The van der Waals surface area contributed by atoms with Crippen LogP contribution in [-0.4, -0.2) is 55.4 Å². The maximum atomic E-state index is 11.7. The fourth-order valence-corrected chi connectivity index (χ4v) is 4.05. The smallest absolute Gasteiger partial charge is 0.222 e. The third-order valence-corrected chi connectivity index (χ3v) is 5.69. The van der Waals surface area contributed by atoms with E-state index in [1.165, 1.54) is 0 Å². The van der Waals surface area contributed by atoms with Crippen molar-refractivity contribution in [2.24, 2.45) is 0 Å². The number of aromatic nitrogens is 5. The Morgan fingerprint density at radius 2 is 2.09 bits per heavy atom. The highest BCUT2D eigenvalue weighted by molar-refractivity contribution is 5.81. The number of fused-ring (bicyclic) bond motifs is 1. The molecule has 4 aromatic rings. The highest BCUT2D eigenvalue weighted by Gasteiger charge is 2.20. The number of imidazole rings is 1. The number of benzene rings is 1. The molecule has 1 aliphatic rings. The van der Waals surface area contributed by atoms with Crippen molar-refractivity contribution in [1.82, 2.24) is 29.7 Å². The summed E-state index contributed by atoms with van der Waals surface area (Å²) in [6, 6.07) is 9.21. The number of pyridine rings is 1. The molecule has 3 aromatic heterocycles. The molecule has 1 aliphatic heterocycles. The van der Waals surface area contributed by atoms with Crippen LogP contribution in [0.3, 0.4) is 0 Å². The van der Waals surface area contributed by atoms with E-state index in [0.717, 1.165) is 31.4 Å². The predicted octanol–water partition coefficient (Wildman–Crippen LogP) is 3.27. The lowest BCUT2D eigenvalue weighted by Gasteiger charge is -2.15. The zero-order valence-corrected chi connectivity index (χ0v) is 18.8. The van der Waals surface area contributed by atoms with Crippen molar-refractivity contribution >= 4 is 22.8 Å². The molecule has 11 heteroatoms. The largest absolute Gasteiger partial charge is 0.493 e. The molecule has 0 radical (unpaired) electrons. The number of likely N-dealkylation sites (tertiary alicyclic amines) is 1. The molecule has 0 spiro atoms. The van der Waals surface area contributed by atoms with Crippen LogP contribution in [-0.2, 0) is 11.3 Å². The van der Waals surface area contributed by atoms with Gasteiger partial charge in [0, 0.05) is 38.2 Å². The lowest BCUT2D eigenvalue weighted by molar-refractivity contribution is -0.127. The van der Waals surface area contributed by atoms with E-state index in [2.05, 4.69) is 20.3 Å². The summed E-state index contributed by atoms with van der Waals surface area (Å²) in [4.78, 5) is 22.6. The first-order valence-electron chi connectivity index (χ1n) is 11.3. The molecule has 0 aliphatic carbocycles. The van der Waals surface area contributed by atoms with E-state index in [1.54, 1.807) is 6.20 Å². The molecule has 1 amide bonds. The minimum absolute atomic E-state index is 0.179. The van der Waals surface area contributed by atoms with Crippen molar-refractivity contribution in [3.8, 4) is 28.9 Å². The first kappa shape index (κ1) is 21.7. The minimum atomic E-state index is 0.179. The van der Waals surface area contributed by atoms with Gasteiger partial charge >= 0.3 is 0 Å². The fourth-order valence-electron chi connectivity index (χ4n) is 4.05. The number of aryl methyl sites for hydroxylation is 1. The standard InChI is InChI=1S/C23H25N7O4/c1-2-30-18-13-19(25-14-17(18)26-23(30)21-22(24)28-34-27-21)33-16-7-3-6-15(12-16)32-11-5-10-29-9-4-8-20(29)31/h3,6-7,12-14H,2,4-5,8-11H2,1H3,(H2,24,28). The third-order valence-electron chi connectivity index (χ3n) is 5.69. The number of nitrogens with zero attached hydrogens (tertiary/aromatic N) is 6. The normalized spacial score (nSPS) is 13.7. The molecule has 0 atom stereocenters. The molecule has 4 heterocycles. The van der Waals surface area contributed by atoms with Crippen molar-refractivity contribution in [3.05, 3.63) is 36.5 Å². The summed E-state index contributed by atoms with van der Waals surface area (Å²) in [6.07, 6.45) is 4.03. The van der Waals surface area contributed by atoms with Crippen LogP contribution in [0, 0.1) is 0 Å². The Morgan fingerprint density at radius 1 is 1.21 bits per heavy atom. The van der Waals surface area contributed by atoms with Gasteiger partial charge in [-0.2, -0.15) is 0 Å². The monoisotopic (exact) mass is 463 g/mol. The van der Waals surface area contributed by atoms with Crippen LogP contribution in [0.4, 0.5) is 5.82 Å². The number of hydrogen-bond donors (Lipinski definition) is 1. The lowest BCUT2D eigenvalue weighted by atomic mass is 10.3. The van der Waals surface area contributed by atoms with E-state index in [9.17, 15) is 4.79 Å².